The van der Waals surface area contributed by atoms with Gasteiger partial charge in [0.05, 0.1) is 5.88 Å². The topological polar surface area (TPSA) is 3.24 Å². The van der Waals surface area contributed by atoms with Crippen molar-refractivity contribution in [2.24, 2.45) is 5.92 Å². The fraction of sp³-hybridized carbons (Fsp3) is 0.778. The van der Waals surface area contributed by atoms with Crippen molar-refractivity contribution in [3.05, 3.63) is 12.3 Å². The Balaban J connectivity index is 3.67. The van der Waals surface area contributed by atoms with E-state index in [1.54, 1.807) is 0 Å². The molecular weight excluding hydrogens is 158 g/mol. The van der Waals surface area contributed by atoms with Gasteiger partial charge in [-0.3, -0.25) is 0 Å². The number of nitrogens with zero attached hydrogens (tertiary/aromatic N) is 1. The molecule has 0 aliphatic heterocycles. The number of alkyl halides is 1. The Hall–Kier alpha value is -0.170. The Kier molecular flexibility index (Phi) is 5.39. The summed E-state index contributed by atoms with van der Waals surface area (Å²) in [6.45, 7) is 9.34. The van der Waals surface area contributed by atoms with Gasteiger partial charge in [-0.1, -0.05) is 26.8 Å². The van der Waals surface area contributed by atoms with E-state index < -0.39 is 0 Å². The maximum atomic E-state index is 5.63. The van der Waals surface area contributed by atoms with Crippen LogP contribution in [-0.2, 0) is 0 Å². The monoisotopic (exact) mass is 175 g/mol. The van der Waals surface area contributed by atoms with E-state index in [2.05, 4.69) is 25.3 Å². The summed E-state index contributed by atoms with van der Waals surface area (Å²) in [7, 11) is 2.04. The molecule has 0 aliphatic rings. The first kappa shape index (κ1) is 10.8. The molecular formula is C9H18ClN. The summed E-state index contributed by atoms with van der Waals surface area (Å²) in [6, 6.07) is 0. The summed E-state index contributed by atoms with van der Waals surface area (Å²) in [4.78, 5) is 2.13. The number of hydrogen-bond acceptors (Lipinski definition) is 1. The summed E-state index contributed by atoms with van der Waals surface area (Å²) in [5.74, 6) is 1.26. The quantitative estimate of drug-likeness (QED) is 0.581. The second-order valence-corrected chi connectivity index (χ2v) is 3.36. The molecule has 0 aromatic heterocycles. The predicted octanol–water partition coefficient (Wildman–Crippen LogP) is 2.72. The lowest BCUT2D eigenvalue weighted by molar-refractivity contribution is 0.344. The van der Waals surface area contributed by atoms with Crippen LogP contribution in [-0.4, -0.2) is 24.4 Å². The Morgan fingerprint density at radius 2 is 2.18 bits per heavy atom. The molecule has 0 saturated carbocycles. The van der Waals surface area contributed by atoms with E-state index in [-0.39, 0.29) is 0 Å². The molecule has 66 valence electrons. The number of hydrogen-bond donors (Lipinski definition) is 0. The van der Waals surface area contributed by atoms with Crippen LogP contribution in [0.1, 0.15) is 20.3 Å². The third-order valence-corrected chi connectivity index (χ3v) is 2.29. The summed E-state index contributed by atoms with van der Waals surface area (Å²) in [5, 5.41) is 0. The molecule has 0 aromatic carbocycles. The molecule has 0 radical (unpaired) electrons. The van der Waals surface area contributed by atoms with Gasteiger partial charge in [0.25, 0.3) is 0 Å². The van der Waals surface area contributed by atoms with Gasteiger partial charge in [-0.15, -0.1) is 11.6 Å². The molecule has 0 aliphatic carbocycles. The molecule has 1 unspecified atom stereocenters. The van der Waals surface area contributed by atoms with Crippen molar-refractivity contribution in [1.29, 1.82) is 0 Å². The third-order valence-electron chi connectivity index (χ3n) is 1.98. The fourth-order valence-electron chi connectivity index (χ4n) is 0.828. The zero-order valence-corrected chi connectivity index (χ0v) is 8.49. The van der Waals surface area contributed by atoms with Gasteiger partial charge >= 0.3 is 0 Å². The van der Waals surface area contributed by atoms with Gasteiger partial charge in [-0.25, -0.2) is 0 Å². The van der Waals surface area contributed by atoms with Gasteiger partial charge in [0.15, 0.2) is 0 Å². The molecule has 0 fully saturated rings. The standard InChI is InChI=1S/C9H18ClN/c1-5-8(2)7-11(4)9(3)6-10/h8H,3,5-7H2,1-2,4H3. The molecule has 0 bridgehead atoms. The average Bonchev–Trinajstić information content (AvgIpc) is 2.02. The first-order valence-electron chi connectivity index (χ1n) is 4.06. The van der Waals surface area contributed by atoms with Crippen LogP contribution in [0.3, 0.4) is 0 Å². The van der Waals surface area contributed by atoms with Crippen LogP contribution >= 0.6 is 11.6 Å². The zero-order chi connectivity index (χ0) is 8.85. The molecule has 1 atom stereocenters. The summed E-state index contributed by atoms with van der Waals surface area (Å²) in [5.41, 5.74) is 1.01. The van der Waals surface area contributed by atoms with E-state index in [0.717, 1.165) is 18.2 Å². The lowest BCUT2D eigenvalue weighted by Crippen LogP contribution is -2.23. The second-order valence-electron chi connectivity index (χ2n) is 3.09. The first-order valence-corrected chi connectivity index (χ1v) is 4.60. The van der Waals surface area contributed by atoms with Crippen molar-refractivity contribution in [2.45, 2.75) is 20.3 Å². The van der Waals surface area contributed by atoms with Crippen LogP contribution in [0.2, 0.25) is 0 Å². The van der Waals surface area contributed by atoms with Crippen LogP contribution < -0.4 is 0 Å². The maximum Gasteiger partial charge on any atom is 0.0617 e. The van der Waals surface area contributed by atoms with Gasteiger partial charge in [-0.2, -0.15) is 0 Å². The molecule has 0 N–H and O–H groups in total. The summed E-state index contributed by atoms with van der Waals surface area (Å²) in [6.07, 6.45) is 1.21. The number of halogens is 1. The van der Waals surface area contributed by atoms with E-state index in [0.29, 0.717) is 5.88 Å². The smallest absolute Gasteiger partial charge is 0.0617 e. The van der Waals surface area contributed by atoms with E-state index in [1.807, 2.05) is 7.05 Å². The summed E-state index contributed by atoms with van der Waals surface area (Å²) >= 11 is 5.63. The Labute approximate surface area is 75.0 Å². The molecule has 1 nitrogen and oxygen atoms in total. The first-order chi connectivity index (χ1) is 5.11. The fourth-order valence-corrected chi connectivity index (χ4v) is 1.03. The number of allylic oxidation sites excluding steroid dienone is 1. The Bertz CT molecular complexity index is 123. The van der Waals surface area contributed by atoms with E-state index in [1.165, 1.54) is 6.42 Å². The molecule has 0 spiro atoms. The van der Waals surface area contributed by atoms with Crippen LogP contribution in [0.25, 0.3) is 0 Å². The number of rotatable bonds is 5. The highest BCUT2D eigenvalue weighted by atomic mass is 35.5. The maximum absolute atomic E-state index is 5.63. The minimum absolute atomic E-state index is 0.535. The van der Waals surface area contributed by atoms with Gasteiger partial charge in [0.2, 0.25) is 0 Å². The van der Waals surface area contributed by atoms with E-state index in [4.69, 9.17) is 11.6 Å². The predicted molar refractivity (Wildman–Crippen MR) is 51.9 cm³/mol. The highest BCUT2D eigenvalue weighted by Gasteiger charge is 2.04. The highest BCUT2D eigenvalue weighted by Crippen LogP contribution is 2.07. The van der Waals surface area contributed by atoms with Gasteiger partial charge in [0, 0.05) is 19.3 Å². The Morgan fingerprint density at radius 3 is 2.55 bits per heavy atom. The van der Waals surface area contributed by atoms with Gasteiger partial charge in [-0.05, 0) is 5.92 Å². The van der Waals surface area contributed by atoms with Gasteiger partial charge < -0.3 is 4.90 Å². The van der Waals surface area contributed by atoms with Crippen molar-refractivity contribution < 1.29 is 0 Å². The van der Waals surface area contributed by atoms with E-state index in [9.17, 15) is 0 Å². The molecule has 0 rings (SSSR count). The average molecular weight is 176 g/mol. The van der Waals surface area contributed by atoms with Crippen molar-refractivity contribution in [2.75, 3.05) is 19.5 Å². The third kappa shape index (κ3) is 4.31. The zero-order valence-electron chi connectivity index (χ0n) is 7.73. The van der Waals surface area contributed by atoms with Crippen molar-refractivity contribution in [3.63, 3.8) is 0 Å². The van der Waals surface area contributed by atoms with Crippen LogP contribution in [0, 0.1) is 5.92 Å². The largest absolute Gasteiger partial charge is 0.377 e. The van der Waals surface area contributed by atoms with Gasteiger partial charge in [0.1, 0.15) is 0 Å². The molecule has 2 heteroatoms. The van der Waals surface area contributed by atoms with Crippen LogP contribution in [0.5, 0.6) is 0 Å². The second kappa shape index (κ2) is 5.48. The SMILES string of the molecule is C=C(CCl)N(C)CC(C)CC. The molecule has 11 heavy (non-hydrogen) atoms. The minimum atomic E-state index is 0.535. The van der Waals surface area contributed by atoms with Crippen LogP contribution in [0.15, 0.2) is 12.3 Å². The molecule has 0 amide bonds. The van der Waals surface area contributed by atoms with Crippen molar-refractivity contribution in [1.82, 2.24) is 4.90 Å². The summed E-state index contributed by atoms with van der Waals surface area (Å²) < 4.78 is 0. The minimum Gasteiger partial charge on any atom is -0.377 e. The van der Waals surface area contributed by atoms with E-state index >= 15 is 0 Å². The van der Waals surface area contributed by atoms with Crippen LogP contribution in [0.4, 0.5) is 0 Å². The Morgan fingerprint density at radius 1 is 1.64 bits per heavy atom. The normalized spacial score (nSPS) is 12.7. The lowest BCUT2D eigenvalue weighted by Gasteiger charge is -2.23. The highest BCUT2D eigenvalue weighted by molar-refractivity contribution is 6.19. The lowest BCUT2D eigenvalue weighted by atomic mass is 10.1. The molecule has 0 saturated heterocycles. The van der Waals surface area contributed by atoms with Crippen molar-refractivity contribution in [3.8, 4) is 0 Å². The molecule has 0 heterocycles. The molecule has 0 aromatic rings. The van der Waals surface area contributed by atoms with Crippen molar-refractivity contribution >= 4 is 11.6 Å².